The van der Waals surface area contributed by atoms with Crippen molar-refractivity contribution in [3.63, 3.8) is 0 Å². The molecule has 4 nitrogen and oxygen atoms in total. The van der Waals surface area contributed by atoms with Gasteiger partial charge in [-0.1, -0.05) is 13.3 Å². The van der Waals surface area contributed by atoms with E-state index in [1.54, 1.807) is 20.3 Å². The number of anilines is 1. The minimum Gasteiger partial charge on any atom is -0.493 e. The molecule has 1 fully saturated rings. The molecule has 1 saturated carbocycles. The van der Waals surface area contributed by atoms with Crippen molar-refractivity contribution in [2.24, 2.45) is 5.92 Å². The van der Waals surface area contributed by atoms with Crippen molar-refractivity contribution in [3.8, 4) is 17.2 Å². The van der Waals surface area contributed by atoms with Crippen molar-refractivity contribution in [3.05, 3.63) is 12.1 Å². The van der Waals surface area contributed by atoms with E-state index in [0.29, 0.717) is 28.9 Å². The van der Waals surface area contributed by atoms with E-state index < -0.39 is 0 Å². The zero-order valence-corrected chi connectivity index (χ0v) is 11.9. The molecule has 2 unspecified atom stereocenters. The highest BCUT2D eigenvalue weighted by molar-refractivity contribution is 5.62. The second-order valence-electron chi connectivity index (χ2n) is 5.16. The molecule has 2 N–H and O–H groups in total. The fraction of sp³-hybridized carbons (Fsp3) is 0.600. The monoisotopic (exact) mass is 265 g/mol. The normalized spacial score (nSPS) is 22.9. The summed E-state index contributed by atoms with van der Waals surface area (Å²) >= 11 is 0. The van der Waals surface area contributed by atoms with Gasteiger partial charge in [-0.15, -0.1) is 0 Å². The van der Waals surface area contributed by atoms with Gasteiger partial charge in [0.2, 0.25) is 0 Å². The van der Waals surface area contributed by atoms with Crippen LogP contribution < -0.4 is 19.9 Å². The second-order valence-corrected chi connectivity index (χ2v) is 5.16. The number of nitrogen functional groups attached to an aromatic ring is 1. The number of rotatable bonds is 4. The minimum absolute atomic E-state index is 0.245. The molecule has 1 aromatic carbocycles. The van der Waals surface area contributed by atoms with Crippen LogP contribution in [0.3, 0.4) is 0 Å². The maximum absolute atomic E-state index is 6.08. The Hall–Kier alpha value is -1.58. The minimum atomic E-state index is 0.245. The molecule has 0 aliphatic heterocycles. The molecule has 2 rings (SSSR count). The molecule has 0 bridgehead atoms. The van der Waals surface area contributed by atoms with Gasteiger partial charge in [-0.3, -0.25) is 0 Å². The lowest BCUT2D eigenvalue weighted by Crippen LogP contribution is -2.28. The average Bonchev–Trinajstić information content (AvgIpc) is 2.42. The molecule has 106 valence electrons. The van der Waals surface area contributed by atoms with Crippen molar-refractivity contribution >= 4 is 5.69 Å². The molecule has 0 aromatic heterocycles. The molecular weight excluding hydrogens is 242 g/mol. The van der Waals surface area contributed by atoms with E-state index in [2.05, 4.69) is 6.92 Å². The lowest BCUT2D eigenvalue weighted by Gasteiger charge is -2.30. The van der Waals surface area contributed by atoms with Crippen molar-refractivity contribution in [2.45, 2.75) is 38.7 Å². The highest BCUT2D eigenvalue weighted by atomic mass is 16.5. The molecule has 0 radical (unpaired) electrons. The fourth-order valence-corrected chi connectivity index (χ4v) is 2.60. The summed E-state index contributed by atoms with van der Waals surface area (Å²) in [6.45, 7) is 2.24. The van der Waals surface area contributed by atoms with Gasteiger partial charge in [0, 0.05) is 12.1 Å². The zero-order chi connectivity index (χ0) is 13.8. The van der Waals surface area contributed by atoms with E-state index in [4.69, 9.17) is 19.9 Å². The van der Waals surface area contributed by atoms with Crippen LogP contribution in [-0.2, 0) is 0 Å². The van der Waals surface area contributed by atoms with Crippen LogP contribution in [0.1, 0.15) is 32.6 Å². The predicted octanol–water partition coefficient (Wildman–Crippen LogP) is 3.24. The number of benzene rings is 1. The van der Waals surface area contributed by atoms with Crippen molar-refractivity contribution in [1.29, 1.82) is 0 Å². The van der Waals surface area contributed by atoms with Gasteiger partial charge in [-0.2, -0.15) is 0 Å². The molecule has 0 amide bonds. The Kier molecular flexibility index (Phi) is 4.40. The third-order valence-electron chi connectivity index (χ3n) is 3.83. The number of methoxy groups -OCH3 is 2. The summed E-state index contributed by atoms with van der Waals surface area (Å²) in [4.78, 5) is 0. The standard InChI is InChI=1S/C15H23NO3/c1-10-6-4-5-7-12(10)19-13-9-15(18-3)14(17-2)8-11(13)16/h8-10,12H,4-7,16H2,1-3H3. The molecule has 0 saturated heterocycles. The van der Waals surface area contributed by atoms with Crippen molar-refractivity contribution < 1.29 is 14.2 Å². The third-order valence-corrected chi connectivity index (χ3v) is 3.83. The summed E-state index contributed by atoms with van der Waals surface area (Å²) < 4.78 is 16.6. The van der Waals surface area contributed by atoms with Gasteiger partial charge >= 0.3 is 0 Å². The van der Waals surface area contributed by atoms with Gasteiger partial charge in [0.15, 0.2) is 11.5 Å². The van der Waals surface area contributed by atoms with E-state index in [0.717, 1.165) is 6.42 Å². The molecule has 1 aliphatic rings. The number of hydrogen-bond donors (Lipinski definition) is 1. The Morgan fingerprint density at radius 3 is 2.26 bits per heavy atom. The summed E-state index contributed by atoms with van der Waals surface area (Å²) in [5.41, 5.74) is 6.62. The molecule has 0 heterocycles. The van der Waals surface area contributed by atoms with Crippen LogP contribution in [0, 0.1) is 5.92 Å². The zero-order valence-electron chi connectivity index (χ0n) is 11.9. The van der Waals surface area contributed by atoms with Crippen LogP contribution >= 0.6 is 0 Å². The van der Waals surface area contributed by atoms with Crippen LogP contribution in [0.25, 0.3) is 0 Å². The predicted molar refractivity (Wildman–Crippen MR) is 76.0 cm³/mol. The number of hydrogen-bond acceptors (Lipinski definition) is 4. The Balaban J connectivity index is 2.19. The van der Waals surface area contributed by atoms with Gasteiger partial charge in [0.25, 0.3) is 0 Å². The largest absolute Gasteiger partial charge is 0.493 e. The molecular formula is C15H23NO3. The topological polar surface area (TPSA) is 53.7 Å². The average molecular weight is 265 g/mol. The van der Waals surface area contributed by atoms with Gasteiger partial charge in [0.05, 0.1) is 19.9 Å². The fourth-order valence-electron chi connectivity index (χ4n) is 2.60. The third kappa shape index (κ3) is 3.06. The molecule has 4 heteroatoms. The molecule has 19 heavy (non-hydrogen) atoms. The second kappa shape index (κ2) is 6.04. The Bertz CT molecular complexity index is 434. The van der Waals surface area contributed by atoms with Crippen LogP contribution in [0.2, 0.25) is 0 Å². The lowest BCUT2D eigenvalue weighted by molar-refractivity contribution is 0.103. The quantitative estimate of drug-likeness (QED) is 0.849. The van der Waals surface area contributed by atoms with Crippen molar-refractivity contribution in [1.82, 2.24) is 0 Å². The van der Waals surface area contributed by atoms with Crippen LogP contribution in [0.5, 0.6) is 17.2 Å². The maximum Gasteiger partial charge on any atom is 0.164 e. The first-order chi connectivity index (χ1) is 9.15. The molecule has 1 aliphatic carbocycles. The highest BCUT2D eigenvalue weighted by Gasteiger charge is 2.24. The summed E-state index contributed by atoms with van der Waals surface area (Å²) in [5.74, 6) is 2.54. The van der Waals surface area contributed by atoms with E-state index in [1.165, 1.54) is 19.3 Å². The van der Waals surface area contributed by atoms with Crippen LogP contribution in [0.15, 0.2) is 12.1 Å². The Labute approximate surface area is 114 Å². The van der Waals surface area contributed by atoms with Gasteiger partial charge < -0.3 is 19.9 Å². The van der Waals surface area contributed by atoms with Crippen LogP contribution in [0.4, 0.5) is 5.69 Å². The van der Waals surface area contributed by atoms with E-state index in [9.17, 15) is 0 Å². The Morgan fingerprint density at radius 2 is 1.63 bits per heavy atom. The summed E-state index contributed by atoms with van der Waals surface area (Å²) in [6, 6.07) is 3.57. The summed E-state index contributed by atoms with van der Waals surface area (Å²) in [7, 11) is 3.21. The van der Waals surface area contributed by atoms with Gasteiger partial charge in [-0.25, -0.2) is 0 Å². The molecule has 1 aromatic rings. The van der Waals surface area contributed by atoms with E-state index >= 15 is 0 Å². The summed E-state index contributed by atoms with van der Waals surface area (Å²) in [5, 5.41) is 0. The first kappa shape index (κ1) is 13.8. The van der Waals surface area contributed by atoms with Crippen molar-refractivity contribution in [2.75, 3.05) is 20.0 Å². The van der Waals surface area contributed by atoms with E-state index in [1.807, 2.05) is 6.07 Å². The number of ether oxygens (including phenoxy) is 3. The highest BCUT2D eigenvalue weighted by Crippen LogP contribution is 2.38. The molecule has 2 atom stereocenters. The Morgan fingerprint density at radius 1 is 1.00 bits per heavy atom. The maximum atomic E-state index is 6.08. The lowest BCUT2D eigenvalue weighted by atomic mass is 9.88. The first-order valence-electron chi connectivity index (χ1n) is 6.84. The van der Waals surface area contributed by atoms with E-state index in [-0.39, 0.29) is 6.10 Å². The van der Waals surface area contributed by atoms with Gasteiger partial charge in [-0.05, 0) is 25.2 Å². The summed E-state index contributed by atoms with van der Waals surface area (Å²) in [6.07, 6.45) is 5.08. The first-order valence-corrected chi connectivity index (χ1v) is 6.84. The molecule has 0 spiro atoms. The van der Waals surface area contributed by atoms with Gasteiger partial charge in [0.1, 0.15) is 11.9 Å². The smallest absolute Gasteiger partial charge is 0.164 e. The van der Waals surface area contributed by atoms with Crippen LogP contribution in [-0.4, -0.2) is 20.3 Å². The number of nitrogens with two attached hydrogens (primary N) is 1. The SMILES string of the molecule is COc1cc(N)c(OC2CCCCC2C)cc1OC.